The second-order valence-electron chi connectivity index (χ2n) is 10.0. The van der Waals surface area contributed by atoms with Crippen LogP contribution in [-0.2, 0) is 16.0 Å². The molecule has 1 aromatic heterocycles. The van der Waals surface area contributed by atoms with Gasteiger partial charge in [0.05, 0.1) is 13.0 Å². The fourth-order valence-corrected chi connectivity index (χ4v) is 5.59. The van der Waals surface area contributed by atoms with Crippen molar-refractivity contribution in [2.45, 2.75) is 64.0 Å². The van der Waals surface area contributed by atoms with E-state index >= 15 is 0 Å². The Morgan fingerprint density at radius 3 is 2.65 bits per heavy atom. The molecule has 2 heterocycles. The molecule has 0 spiro atoms. The normalized spacial score (nSPS) is 20.6. The molecule has 0 bridgehead atoms. The van der Waals surface area contributed by atoms with Crippen molar-refractivity contribution in [1.29, 1.82) is 0 Å². The highest BCUT2D eigenvalue weighted by atomic mass is 16.5. The zero-order chi connectivity index (χ0) is 26.5. The molecule has 9 heteroatoms. The largest absolute Gasteiger partial charge is 0.497 e. The molecule has 4 amide bonds. The van der Waals surface area contributed by atoms with Gasteiger partial charge in [-0.2, -0.15) is 0 Å². The number of urea groups is 1. The predicted molar refractivity (Wildman–Crippen MR) is 142 cm³/mol. The highest BCUT2D eigenvalue weighted by Gasteiger charge is 2.55. The number of anilines is 2. The van der Waals surface area contributed by atoms with Gasteiger partial charge in [0.1, 0.15) is 17.6 Å². The first-order chi connectivity index (χ1) is 17.8. The smallest absolute Gasteiger partial charge is 0.325 e. The van der Waals surface area contributed by atoms with E-state index in [1.165, 1.54) is 11.3 Å². The predicted octanol–water partition coefficient (Wildman–Crippen LogP) is 3.77. The van der Waals surface area contributed by atoms with Crippen LogP contribution in [0.15, 0.2) is 42.6 Å². The molecule has 2 aliphatic rings. The van der Waals surface area contributed by atoms with E-state index in [2.05, 4.69) is 10.3 Å². The van der Waals surface area contributed by atoms with Crippen LogP contribution in [0, 0.1) is 11.8 Å². The number of imide groups is 1. The first-order valence-electron chi connectivity index (χ1n) is 13.1. The summed E-state index contributed by atoms with van der Waals surface area (Å²) < 4.78 is 5.30. The number of benzene rings is 1. The van der Waals surface area contributed by atoms with Gasteiger partial charge in [-0.25, -0.2) is 9.78 Å². The van der Waals surface area contributed by atoms with Crippen LogP contribution in [0.3, 0.4) is 0 Å². The maximum Gasteiger partial charge on any atom is 0.325 e. The van der Waals surface area contributed by atoms with Crippen molar-refractivity contribution in [3.8, 4) is 5.75 Å². The Morgan fingerprint density at radius 1 is 1.22 bits per heavy atom. The minimum atomic E-state index is -0.929. The van der Waals surface area contributed by atoms with Gasteiger partial charge in [-0.05, 0) is 61.4 Å². The minimum absolute atomic E-state index is 0.0217. The molecule has 1 aliphatic heterocycles. The first-order valence-corrected chi connectivity index (χ1v) is 13.1. The summed E-state index contributed by atoms with van der Waals surface area (Å²) >= 11 is 0. The number of aromatic nitrogens is 1. The second kappa shape index (κ2) is 11.6. The number of hydrogen-bond acceptors (Lipinski definition) is 6. The number of β-lactam (4-membered cyclic amide) rings is 1. The maximum absolute atomic E-state index is 13.8. The van der Waals surface area contributed by atoms with E-state index in [9.17, 15) is 14.4 Å². The number of carbonyl (C=O) groups excluding carboxylic acids is 3. The Balaban J connectivity index is 1.58. The first kappa shape index (κ1) is 26.4. The lowest BCUT2D eigenvalue weighted by molar-refractivity contribution is -0.156. The molecule has 1 saturated carbocycles. The van der Waals surface area contributed by atoms with Gasteiger partial charge in [-0.3, -0.25) is 14.5 Å². The number of nitrogens with zero attached hydrogens (tertiary/aromatic N) is 3. The van der Waals surface area contributed by atoms with Crippen molar-refractivity contribution < 1.29 is 19.1 Å². The van der Waals surface area contributed by atoms with Gasteiger partial charge in [-0.1, -0.05) is 32.3 Å². The van der Waals surface area contributed by atoms with Gasteiger partial charge in [0.25, 0.3) is 5.91 Å². The molecule has 198 valence electrons. The number of carbonyl (C=O) groups is 3. The Hall–Kier alpha value is -3.62. The summed E-state index contributed by atoms with van der Waals surface area (Å²) in [5.41, 5.74) is 7.24. The fraction of sp³-hybridized carbons (Fsp3) is 0.500. The summed E-state index contributed by atoms with van der Waals surface area (Å²) in [7, 11) is 3.21. The van der Waals surface area contributed by atoms with Crippen LogP contribution in [0.1, 0.15) is 51.0 Å². The number of methoxy groups -OCH3 is 1. The standard InChI is InChI=1S/C28H37N5O4/c1-4-23(19-9-6-5-7-10-19)31-28(36)33-25(22(26(33)34)15-18-13-14-30-24(29)16-18)27(35)32(2)20-11-8-12-21(17-20)37-3/h8,11-14,16-17,19,22-23,25H,4-7,9-10,15H2,1-3H3,(H2,29,30)(H,31,36)/t22-,23?,25+/m1/s1. The number of likely N-dealkylation sites (tertiary alicyclic amines) is 1. The summed E-state index contributed by atoms with van der Waals surface area (Å²) in [4.78, 5) is 47.2. The summed E-state index contributed by atoms with van der Waals surface area (Å²) in [6, 6.07) is 9.15. The molecule has 1 aliphatic carbocycles. The van der Waals surface area contributed by atoms with Gasteiger partial charge in [-0.15, -0.1) is 0 Å². The van der Waals surface area contributed by atoms with Crippen molar-refractivity contribution >= 4 is 29.4 Å². The number of nitrogen functional groups attached to an aromatic ring is 1. The van der Waals surface area contributed by atoms with Crippen LogP contribution >= 0.6 is 0 Å². The number of rotatable bonds is 8. The highest BCUT2D eigenvalue weighted by molar-refractivity contribution is 6.12. The topological polar surface area (TPSA) is 118 Å². The Morgan fingerprint density at radius 2 is 1.97 bits per heavy atom. The Bertz CT molecular complexity index is 1130. The monoisotopic (exact) mass is 507 g/mol. The van der Waals surface area contributed by atoms with Gasteiger partial charge in [0.15, 0.2) is 0 Å². The zero-order valence-corrected chi connectivity index (χ0v) is 21.9. The molecular weight excluding hydrogens is 470 g/mol. The number of nitrogens with one attached hydrogen (secondary N) is 1. The molecule has 4 rings (SSSR count). The molecule has 3 N–H and O–H groups in total. The molecule has 9 nitrogen and oxygen atoms in total. The number of likely N-dealkylation sites (N-methyl/N-ethyl adjacent to an activating group) is 1. The molecule has 2 aromatic rings. The van der Waals surface area contributed by atoms with Crippen LogP contribution in [0.4, 0.5) is 16.3 Å². The van der Waals surface area contributed by atoms with E-state index < -0.39 is 18.0 Å². The van der Waals surface area contributed by atoms with Gasteiger partial charge in [0, 0.05) is 31.0 Å². The lowest BCUT2D eigenvalue weighted by Crippen LogP contribution is -2.71. The molecule has 1 unspecified atom stereocenters. The van der Waals surface area contributed by atoms with Gasteiger partial charge < -0.3 is 20.7 Å². The lowest BCUT2D eigenvalue weighted by atomic mass is 9.81. The third-order valence-electron chi connectivity index (χ3n) is 7.73. The number of pyridine rings is 1. The van der Waals surface area contributed by atoms with E-state index in [-0.39, 0.29) is 24.3 Å². The van der Waals surface area contributed by atoms with Gasteiger partial charge in [0.2, 0.25) is 5.91 Å². The van der Waals surface area contributed by atoms with Crippen LogP contribution < -0.4 is 20.7 Å². The van der Waals surface area contributed by atoms with Crippen molar-refractivity contribution in [3.05, 3.63) is 48.2 Å². The summed E-state index contributed by atoms with van der Waals surface area (Å²) in [5.74, 6) is -0.0253. The molecule has 2 fully saturated rings. The van der Waals surface area contributed by atoms with E-state index in [0.717, 1.165) is 42.6 Å². The van der Waals surface area contributed by atoms with Crippen LogP contribution in [0.5, 0.6) is 5.75 Å². The number of amides is 4. The molecule has 37 heavy (non-hydrogen) atoms. The van der Waals surface area contributed by atoms with E-state index in [0.29, 0.717) is 23.2 Å². The van der Waals surface area contributed by atoms with Crippen LogP contribution in [0.2, 0.25) is 0 Å². The van der Waals surface area contributed by atoms with Gasteiger partial charge >= 0.3 is 6.03 Å². The molecular formula is C28H37N5O4. The third-order valence-corrected chi connectivity index (χ3v) is 7.73. The van der Waals surface area contributed by atoms with E-state index in [1.54, 1.807) is 56.8 Å². The quantitative estimate of drug-likeness (QED) is 0.525. The number of nitrogens with two attached hydrogens (primary N) is 1. The lowest BCUT2D eigenvalue weighted by Gasteiger charge is -2.46. The molecule has 0 radical (unpaired) electrons. The molecule has 1 saturated heterocycles. The van der Waals surface area contributed by atoms with E-state index in [1.807, 2.05) is 6.92 Å². The highest BCUT2D eigenvalue weighted by Crippen LogP contribution is 2.34. The van der Waals surface area contributed by atoms with Crippen molar-refractivity contribution in [3.63, 3.8) is 0 Å². The number of ether oxygens (including phenoxy) is 1. The van der Waals surface area contributed by atoms with Crippen LogP contribution in [-0.4, -0.2) is 54.0 Å². The average molecular weight is 508 g/mol. The van der Waals surface area contributed by atoms with Crippen LogP contribution in [0.25, 0.3) is 0 Å². The van der Waals surface area contributed by atoms with Crippen molar-refractivity contribution in [2.75, 3.05) is 24.8 Å². The summed E-state index contributed by atoms with van der Waals surface area (Å²) in [6.45, 7) is 2.05. The number of hydrogen-bond donors (Lipinski definition) is 2. The SMILES string of the molecule is CCC(NC(=O)N1C(=O)[C@H](Cc2ccnc(N)c2)[C@H]1C(=O)N(C)c1cccc(OC)c1)C1CCCCC1. The Labute approximate surface area is 218 Å². The zero-order valence-electron chi connectivity index (χ0n) is 21.9. The molecule has 3 atom stereocenters. The average Bonchev–Trinajstić information content (AvgIpc) is 2.92. The molecule has 1 aromatic carbocycles. The second-order valence-corrected chi connectivity index (χ2v) is 10.0. The fourth-order valence-electron chi connectivity index (χ4n) is 5.59. The maximum atomic E-state index is 13.8. The minimum Gasteiger partial charge on any atom is -0.497 e. The van der Waals surface area contributed by atoms with Crippen molar-refractivity contribution in [1.82, 2.24) is 15.2 Å². The summed E-state index contributed by atoms with van der Waals surface area (Å²) in [6.07, 6.45) is 8.32. The van der Waals surface area contributed by atoms with Crippen molar-refractivity contribution in [2.24, 2.45) is 11.8 Å². The Kier molecular flexibility index (Phi) is 8.31. The summed E-state index contributed by atoms with van der Waals surface area (Å²) in [5, 5.41) is 3.09. The third kappa shape index (κ3) is 5.70. The van der Waals surface area contributed by atoms with E-state index in [4.69, 9.17) is 10.5 Å².